The van der Waals surface area contributed by atoms with Gasteiger partial charge in [-0.3, -0.25) is 0 Å². The van der Waals surface area contributed by atoms with Gasteiger partial charge in [0.2, 0.25) is 0 Å². The Kier molecular flexibility index (Phi) is 9.90. The quantitative estimate of drug-likeness (QED) is 0.465. The van der Waals surface area contributed by atoms with E-state index in [-0.39, 0.29) is 11.9 Å². The van der Waals surface area contributed by atoms with Crippen LogP contribution >= 0.6 is 0 Å². The summed E-state index contributed by atoms with van der Waals surface area (Å²) in [5.74, 6) is 2.15. The second-order valence-electron chi connectivity index (χ2n) is 8.24. The van der Waals surface area contributed by atoms with Crippen molar-refractivity contribution in [1.29, 1.82) is 0 Å². The summed E-state index contributed by atoms with van der Waals surface area (Å²) >= 11 is 0. The Morgan fingerprint density at radius 2 is 1.41 bits per heavy atom. The number of aliphatic hydroxyl groups is 2. The maximum atomic E-state index is 12.9. The molecule has 1 saturated heterocycles. The SMILES string of the molecule is CO.Fc1ccc(C2CCCC3CNC[C@H]32)cc1.OCc1cc(C(F)(F)F)cc(C(F)(F)F)c1. The highest BCUT2D eigenvalue weighted by Gasteiger charge is 2.37. The van der Waals surface area contributed by atoms with Crippen molar-refractivity contribution < 1.29 is 40.9 Å². The van der Waals surface area contributed by atoms with Gasteiger partial charge >= 0.3 is 12.4 Å². The van der Waals surface area contributed by atoms with Crippen LogP contribution in [0.25, 0.3) is 0 Å². The maximum Gasteiger partial charge on any atom is 0.416 e. The van der Waals surface area contributed by atoms with E-state index in [1.165, 1.54) is 31.4 Å². The molecule has 0 aromatic heterocycles. The van der Waals surface area contributed by atoms with Crippen molar-refractivity contribution in [2.24, 2.45) is 11.8 Å². The van der Waals surface area contributed by atoms with Gasteiger partial charge in [-0.15, -0.1) is 0 Å². The topological polar surface area (TPSA) is 52.5 Å². The molecule has 10 heteroatoms. The molecule has 3 atom stereocenters. The van der Waals surface area contributed by atoms with Gasteiger partial charge in [0.05, 0.1) is 17.7 Å². The number of rotatable bonds is 2. The van der Waals surface area contributed by atoms with Gasteiger partial charge in [-0.1, -0.05) is 18.6 Å². The van der Waals surface area contributed by atoms with E-state index in [9.17, 15) is 30.7 Å². The van der Waals surface area contributed by atoms with Crippen LogP contribution in [0, 0.1) is 17.7 Å². The molecule has 3 nitrogen and oxygen atoms in total. The third kappa shape index (κ3) is 7.41. The summed E-state index contributed by atoms with van der Waals surface area (Å²) in [4.78, 5) is 0. The number of nitrogens with one attached hydrogen (secondary N) is 1. The van der Waals surface area contributed by atoms with Crippen LogP contribution in [-0.2, 0) is 19.0 Å². The Labute approximate surface area is 193 Å². The fraction of sp³-hybridized carbons (Fsp3) is 0.500. The maximum absolute atomic E-state index is 12.9. The normalized spacial score (nSPS) is 22.1. The van der Waals surface area contributed by atoms with E-state index >= 15 is 0 Å². The summed E-state index contributed by atoms with van der Waals surface area (Å²) in [6.07, 6.45) is -5.77. The van der Waals surface area contributed by atoms with Gasteiger partial charge < -0.3 is 15.5 Å². The lowest BCUT2D eigenvalue weighted by Crippen LogP contribution is -2.25. The summed E-state index contributed by atoms with van der Waals surface area (Å²) in [5, 5.41) is 19.1. The molecule has 0 spiro atoms. The third-order valence-corrected chi connectivity index (χ3v) is 6.13. The number of fused-ring (bicyclic) bond motifs is 1. The van der Waals surface area contributed by atoms with Crippen molar-refractivity contribution in [2.45, 2.75) is 44.1 Å². The highest BCUT2D eigenvalue weighted by molar-refractivity contribution is 5.33. The van der Waals surface area contributed by atoms with Crippen LogP contribution in [-0.4, -0.2) is 30.4 Å². The lowest BCUT2D eigenvalue weighted by Gasteiger charge is -2.33. The fourth-order valence-corrected chi connectivity index (χ4v) is 4.59. The Morgan fingerprint density at radius 3 is 1.91 bits per heavy atom. The molecular weight excluding hydrogens is 467 g/mol. The third-order valence-electron chi connectivity index (χ3n) is 6.13. The first-order chi connectivity index (χ1) is 16.0. The zero-order valence-corrected chi connectivity index (χ0v) is 18.6. The highest BCUT2D eigenvalue weighted by Crippen LogP contribution is 2.43. The average Bonchev–Trinajstić information content (AvgIpc) is 3.29. The predicted octanol–water partition coefficient (Wildman–Crippen LogP) is 5.75. The number of halogens is 7. The monoisotopic (exact) mass is 495 g/mol. The second kappa shape index (κ2) is 12.0. The molecule has 0 amide bonds. The van der Waals surface area contributed by atoms with Crippen LogP contribution in [0.3, 0.4) is 0 Å². The van der Waals surface area contributed by atoms with E-state index in [0.29, 0.717) is 18.1 Å². The molecule has 1 aliphatic heterocycles. The molecule has 1 heterocycles. The molecule has 2 aromatic rings. The molecule has 0 radical (unpaired) electrons. The Balaban J connectivity index is 0.000000224. The van der Waals surface area contributed by atoms with E-state index < -0.39 is 35.6 Å². The number of hydrogen-bond donors (Lipinski definition) is 3. The number of benzene rings is 2. The van der Waals surface area contributed by atoms with Gasteiger partial charge in [-0.25, -0.2) is 4.39 Å². The lowest BCUT2D eigenvalue weighted by atomic mass is 9.71. The number of hydrogen-bond acceptors (Lipinski definition) is 3. The zero-order valence-electron chi connectivity index (χ0n) is 18.6. The molecule has 2 fully saturated rings. The average molecular weight is 495 g/mol. The van der Waals surface area contributed by atoms with E-state index in [0.717, 1.165) is 25.5 Å². The first kappa shape index (κ1) is 28.1. The molecule has 2 aliphatic rings. The zero-order chi connectivity index (χ0) is 25.5. The molecule has 190 valence electrons. The molecule has 2 unspecified atom stereocenters. The van der Waals surface area contributed by atoms with Crippen molar-refractivity contribution in [3.05, 3.63) is 70.5 Å². The van der Waals surface area contributed by atoms with Gasteiger partial charge in [0, 0.05) is 7.11 Å². The summed E-state index contributed by atoms with van der Waals surface area (Å²) in [7, 11) is 1.00. The summed E-state index contributed by atoms with van der Waals surface area (Å²) in [5.41, 5.74) is -1.94. The minimum atomic E-state index is -4.87. The van der Waals surface area contributed by atoms with E-state index in [4.69, 9.17) is 10.2 Å². The molecule has 34 heavy (non-hydrogen) atoms. The minimum absolute atomic E-state index is 0.0131. The standard InChI is InChI=1S/C14H18FN.C9H6F6O.CH4O/c15-12-6-4-10(5-7-12)13-3-1-2-11-8-16-9-14(11)13;10-8(11,12)6-1-5(4-16)2-7(3-6)9(13,14)15;1-2/h4-7,11,13-14,16H,1-3,8-9H2;1-3,16H,4H2;2H,1H3/t11?,13?,14-;;/m1../s1. The molecule has 2 aromatic carbocycles. The molecule has 1 saturated carbocycles. The van der Waals surface area contributed by atoms with Gasteiger partial charge in [0.1, 0.15) is 5.82 Å². The predicted molar refractivity (Wildman–Crippen MR) is 113 cm³/mol. The summed E-state index contributed by atoms with van der Waals surface area (Å²) in [6, 6.07) is 8.12. The second-order valence-corrected chi connectivity index (χ2v) is 8.24. The van der Waals surface area contributed by atoms with E-state index in [2.05, 4.69) is 5.32 Å². The largest absolute Gasteiger partial charge is 0.416 e. The van der Waals surface area contributed by atoms with Crippen molar-refractivity contribution in [2.75, 3.05) is 20.2 Å². The van der Waals surface area contributed by atoms with Gasteiger partial charge in [0.25, 0.3) is 0 Å². The van der Waals surface area contributed by atoms with Gasteiger partial charge in [0.15, 0.2) is 0 Å². The van der Waals surface area contributed by atoms with Crippen molar-refractivity contribution >= 4 is 0 Å². The Morgan fingerprint density at radius 1 is 0.853 bits per heavy atom. The fourth-order valence-electron chi connectivity index (χ4n) is 4.59. The molecule has 0 bridgehead atoms. The van der Waals surface area contributed by atoms with E-state index in [1.807, 2.05) is 12.1 Å². The van der Waals surface area contributed by atoms with Crippen LogP contribution in [0.15, 0.2) is 42.5 Å². The van der Waals surface area contributed by atoms with Crippen LogP contribution in [0.2, 0.25) is 0 Å². The smallest absolute Gasteiger partial charge is 0.400 e. The lowest BCUT2D eigenvalue weighted by molar-refractivity contribution is -0.143. The van der Waals surface area contributed by atoms with Crippen molar-refractivity contribution in [3.63, 3.8) is 0 Å². The van der Waals surface area contributed by atoms with Crippen LogP contribution in [0.5, 0.6) is 0 Å². The van der Waals surface area contributed by atoms with E-state index in [1.54, 1.807) is 12.1 Å². The van der Waals surface area contributed by atoms with Crippen LogP contribution < -0.4 is 5.32 Å². The molecule has 1 aliphatic carbocycles. The first-order valence-electron chi connectivity index (χ1n) is 10.8. The molecule has 3 N–H and O–H groups in total. The Hall–Kier alpha value is -2.17. The number of alkyl halides is 6. The Bertz CT molecular complexity index is 865. The number of aliphatic hydroxyl groups excluding tert-OH is 2. The van der Waals surface area contributed by atoms with Crippen LogP contribution in [0.4, 0.5) is 30.7 Å². The highest BCUT2D eigenvalue weighted by atomic mass is 19.4. The minimum Gasteiger partial charge on any atom is -0.400 e. The van der Waals surface area contributed by atoms with Crippen molar-refractivity contribution in [3.8, 4) is 0 Å². The van der Waals surface area contributed by atoms with Gasteiger partial charge in [-0.2, -0.15) is 26.3 Å². The summed E-state index contributed by atoms with van der Waals surface area (Å²) in [6.45, 7) is 1.45. The van der Waals surface area contributed by atoms with Crippen molar-refractivity contribution in [1.82, 2.24) is 5.32 Å². The van der Waals surface area contributed by atoms with Gasteiger partial charge in [-0.05, 0) is 85.1 Å². The molecule has 4 rings (SSSR count). The summed E-state index contributed by atoms with van der Waals surface area (Å²) < 4.78 is 86.3. The van der Waals surface area contributed by atoms with Crippen LogP contribution in [0.1, 0.15) is 47.4 Å². The molecular formula is C24H28F7NO2. The first-order valence-corrected chi connectivity index (χ1v) is 10.8.